The van der Waals surface area contributed by atoms with E-state index in [4.69, 9.17) is 5.26 Å². The van der Waals surface area contributed by atoms with Crippen LogP contribution in [0.4, 0.5) is 4.39 Å². The third-order valence-electron chi connectivity index (χ3n) is 2.53. The summed E-state index contributed by atoms with van der Waals surface area (Å²) in [5.74, 6) is -0.851. The molecule has 2 rings (SSSR count). The number of rotatable bonds is 3. The van der Waals surface area contributed by atoms with Crippen molar-refractivity contribution in [3.8, 4) is 6.07 Å². The van der Waals surface area contributed by atoms with Crippen LogP contribution >= 0.6 is 0 Å². The Labute approximate surface area is 109 Å². The Bertz CT molecular complexity index is 605. The van der Waals surface area contributed by atoms with Gasteiger partial charge in [0.2, 0.25) is 0 Å². The van der Waals surface area contributed by atoms with Crippen LogP contribution in [-0.2, 0) is 0 Å². The van der Waals surface area contributed by atoms with Gasteiger partial charge in [-0.05, 0) is 30.3 Å². The molecule has 0 radical (unpaired) electrons. The highest BCUT2D eigenvalue weighted by molar-refractivity contribution is 5.94. The normalized spacial score (nSPS) is 11.4. The van der Waals surface area contributed by atoms with Crippen molar-refractivity contribution in [1.29, 1.82) is 5.26 Å². The minimum absolute atomic E-state index is 0.297. The van der Waals surface area contributed by atoms with Crippen LogP contribution in [-0.4, -0.2) is 10.9 Å². The number of nitrogens with one attached hydrogen (secondary N) is 1. The Hall–Kier alpha value is -2.74. The van der Waals surface area contributed by atoms with Crippen LogP contribution in [0.15, 0.2) is 48.8 Å². The first-order chi connectivity index (χ1) is 9.20. The van der Waals surface area contributed by atoms with Gasteiger partial charge in [-0.25, -0.2) is 4.39 Å². The van der Waals surface area contributed by atoms with Gasteiger partial charge in [0.1, 0.15) is 11.9 Å². The summed E-state index contributed by atoms with van der Waals surface area (Å²) in [5, 5.41) is 11.6. The van der Waals surface area contributed by atoms with Crippen LogP contribution in [0.3, 0.4) is 0 Å². The zero-order valence-corrected chi connectivity index (χ0v) is 9.88. The molecule has 94 valence electrons. The van der Waals surface area contributed by atoms with E-state index in [1.54, 1.807) is 18.3 Å². The lowest BCUT2D eigenvalue weighted by molar-refractivity contribution is 0.0945. The SMILES string of the molecule is N#CC(NC(=O)c1ccc(F)cc1)c1cccnc1. The molecule has 0 saturated heterocycles. The first-order valence-electron chi connectivity index (χ1n) is 5.56. The molecule has 1 unspecified atom stereocenters. The van der Waals surface area contributed by atoms with Crippen LogP contribution in [0.5, 0.6) is 0 Å². The van der Waals surface area contributed by atoms with Crippen LogP contribution in [0.2, 0.25) is 0 Å². The molecule has 0 bridgehead atoms. The molecule has 0 spiro atoms. The van der Waals surface area contributed by atoms with E-state index in [9.17, 15) is 9.18 Å². The minimum Gasteiger partial charge on any atom is -0.332 e. The summed E-state index contributed by atoms with van der Waals surface area (Å²) in [7, 11) is 0. The van der Waals surface area contributed by atoms with Crippen molar-refractivity contribution in [2.24, 2.45) is 0 Å². The summed E-state index contributed by atoms with van der Waals surface area (Å²) in [6.07, 6.45) is 3.10. The number of benzene rings is 1. The molecule has 2 aromatic rings. The lowest BCUT2D eigenvalue weighted by atomic mass is 10.1. The van der Waals surface area contributed by atoms with E-state index in [-0.39, 0.29) is 0 Å². The predicted octanol–water partition coefficient (Wildman–Crippen LogP) is 2.22. The molecule has 0 aliphatic carbocycles. The maximum atomic E-state index is 12.8. The van der Waals surface area contributed by atoms with Gasteiger partial charge in [-0.1, -0.05) is 6.07 Å². The van der Waals surface area contributed by atoms with Gasteiger partial charge in [0.15, 0.2) is 0 Å². The molecule has 0 saturated carbocycles. The molecule has 1 aromatic carbocycles. The molecule has 19 heavy (non-hydrogen) atoms. The molecule has 4 nitrogen and oxygen atoms in total. The van der Waals surface area contributed by atoms with Gasteiger partial charge >= 0.3 is 0 Å². The number of carbonyl (C=O) groups excluding carboxylic acids is 1. The van der Waals surface area contributed by atoms with E-state index in [2.05, 4.69) is 10.3 Å². The number of hydrogen-bond acceptors (Lipinski definition) is 3. The fourth-order valence-corrected chi connectivity index (χ4v) is 1.55. The van der Waals surface area contributed by atoms with E-state index in [0.717, 1.165) is 0 Å². The van der Waals surface area contributed by atoms with Crippen molar-refractivity contribution in [1.82, 2.24) is 10.3 Å². The summed E-state index contributed by atoms with van der Waals surface area (Å²) in [5.41, 5.74) is 0.894. The van der Waals surface area contributed by atoms with Crippen molar-refractivity contribution in [3.63, 3.8) is 0 Å². The largest absolute Gasteiger partial charge is 0.332 e. The Morgan fingerprint density at radius 1 is 1.32 bits per heavy atom. The van der Waals surface area contributed by atoms with Crippen molar-refractivity contribution < 1.29 is 9.18 Å². The predicted molar refractivity (Wildman–Crippen MR) is 66.5 cm³/mol. The van der Waals surface area contributed by atoms with E-state index in [1.165, 1.54) is 30.5 Å². The molecule has 1 atom stereocenters. The van der Waals surface area contributed by atoms with Gasteiger partial charge in [-0.3, -0.25) is 9.78 Å². The lowest BCUT2D eigenvalue weighted by Crippen LogP contribution is -2.27. The van der Waals surface area contributed by atoms with Gasteiger partial charge in [-0.2, -0.15) is 5.26 Å². The first-order valence-corrected chi connectivity index (χ1v) is 5.56. The highest BCUT2D eigenvalue weighted by atomic mass is 19.1. The van der Waals surface area contributed by atoms with Crippen molar-refractivity contribution in [2.75, 3.05) is 0 Å². The zero-order chi connectivity index (χ0) is 13.7. The lowest BCUT2D eigenvalue weighted by Gasteiger charge is -2.11. The maximum absolute atomic E-state index is 12.8. The van der Waals surface area contributed by atoms with E-state index < -0.39 is 17.8 Å². The molecule has 1 N–H and O–H groups in total. The van der Waals surface area contributed by atoms with Crippen molar-refractivity contribution in [3.05, 3.63) is 65.7 Å². The highest BCUT2D eigenvalue weighted by Gasteiger charge is 2.15. The molecule has 0 aliphatic rings. The summed E-state index contributed by atoms with van der Waals surface area (Å²) >= 11 is 0. The highest BCUT2D eigenvalue weighted by Crippen LogP contribution is 2.11. The molecule has 1 amide bonds. The maximum Gasteiger partial charge on any atom is 0.252 e. The number of aromatic nitrogens is 1. The van der Waals surface area contributed by atoms with E-state index >= 15 is 0 Å². The van der Waals surface area contributed by atoms with Gasteiger partial charge in [0.25, 0.3) is 5.91 Å². The first kappa shape index (κ1) is 12.7. The van der Waals surface area contributed by atoms with E-state index in [1.807, 2.05) is 6.07 Å². The fourth-order valence-electron chi connectivity index (χ4n) is 1.55. The van der Waals surface area contributed by atoms with Gasteiger partial charge in [0, 0.05) is 23.5 Å². The number of carbonyl (C=O) groups is 1. The van der Waals surface area contributed by atoms with Crippen LogP contribution in [0.25, 0.3) is 0 Å². The number of nitriles is 1. The van der Waals surface area contributed by atoms with Crippen LogP contribution in [0, 0.1) is 17.1 Å². The standard InChI is InChI=1S/C14H10FN3O/c15-12-5-3-10(4-6-12)14(19)18-13(8-16)11-2-1-7-17-9-11/h1-7,9,13H,(H,18,19). The number of amides is 1. The molecule has 1 aromatic heterocycles. The number of halogens is 1. The van der Waals surface area contributed by atoms with Gasteiger partial charge < -0.3 is 5.32 Å². The number of pyridine rings is 1. The number of hydrogen-bond donors (Lipinski definition) is 1. The topological polar surface area (TPSA) is 65.8 Å². The van der Waals surface area contributed by atoms with Crippen LogP contribution in [0.1, 0.15) is 22.0 Å². The van der Waals surface area contributed by atoms with Crippen LogP contribution < -0.4 is 5.32 Å². The van der Waals surface area contributed by atoms with E-state index in [0.29, 0.717) is 11.1 Å². The van der Waals surface area contributed by atoms with Crippen molar-refractivity contribution in [2.45, 2.75) is 6.04 Å². The molecule has 1 heterocycles. The second kappa shape index (κ2) is 5.74. The summed E-state index contributed by atoms with van der Waals surface area (Å²) in [6.45, 7) is 0. The average Bonchev–Trinajstić information content (AvgIpc) is 2.46. The molecular formula is C14H10FN3O. The third-order valence-corrected chi connectivity index (χ3v) is 2.53. The second-order valence-electron chi connectivity index (χ2n) is 3.83. The summed E-state index contributed by atoms with van der Waals surface area (Å²) < 4.78 is 12.8. The van der Waals surface area contributed by atoms with Gasteiger partial charge in [-0.15, -0.1) is 0 Å². The molecule has 0 aliphatic heterocycles. The Morgan fingerprint density at radius 3 is 2.63 bits per heavy atom. The fraction of sp³-hybridized carbons (Fsp3) is 0.0714. The quantitative estimate of drug-likeness (QED) is 0.914. The molecular weight excluding hydrogens is 245 g/mol. The number of nitrogens with zero attached hydrogens (tertiary/aromatic N) is 2. The Morgan fingerprint density at radius 2 is 2.05 bits per heavy atom. The Kier molecular flexibility index (Phi) is 3.84. The Balaban J connectivity index is 2.13. The third kappa shape index (κ3) is 3.13. The second-order valence-corrected chi connectivity index (χ2v) is 3.83. The van der Waals surface area contributed by atoms with Crippen molar-refractivity contribution >= 4 is 5.91 Å². The summed E-state index contributed by atoms with van der Waals surface area (Å²) in [6, 6.07) is 9.70. The smallest absolute Gasteiger partial charge is 0.252 e. The van der Waals surface area contributed by atoms with Gasteiger partial charge in [0.05, 0.1) is 6.07 Å². The molecule has 5 heteroatoms. The molecule has 0 fully saturated rings. The average molecular weight is 255 g/mol. The monoisotopic (exact) mass is 255 g/mol. The zero-order valence-electron chi connectivity index (χ0n) is 9.88. The minimum atomic E-state index is -0.786. The summed E-state index contributed by atoms with van der Waals surface area (Å²) in [4.78, 5) is 15.8.